The van der Waals surface area contributed by atoms with Crippen LogP contribution < -0.4 is 10.9 Å². The molecule has 0 atom stereocenters. The van der Waals surface area contributed by atoms with Crippen LogP contribution in [0.15, 0.2) is 17.2 Å². The summed E-state index contributed by atoms with van der Waals surface area (Å²) < 4.78 is 0. The summed E-state index contributed by atoms with van der Waals surface area (Å²) in [6.45, 7) is 0. The third kappa shape index (κ3) is 1.86. The highest BCUT2D eigenvalue weighted by Crippen LogP contribution is 2.22. The normalized spacial score (nSPS) is 26.5. The lowest BCUT2D eigenvalue weighted by Crippen LogP contribution is -2.39. The molecule has 5 heteroatoms. The second-order valence-corrected chi connectivity index (χ2v) is 3.26. The Bertz CT molecular complexity index is 343. The highest BCUT2D eigenvalue weighted by Gasteiger charge is 2.26. The molecular formula is C8H11N3O2. The molecular weight excluding hydrogens is 170 g/mol. The van der Waals surface area contributed by atoms with Gasteiger partial charge in [0.1, 0.15) is 5.82 Å². The van der Waals surface area contributed by atoms with Crippen molar-refractivity contribution in [2.24, 2.45) is 0 Å². The molecule has 0 radical (unpaired) electrons. The van der Waals surface area contributed by atoms with Crippen molar-refractivity contribution in [2.45, 2.75) is 25.0 Å². The molecule has 13 heavy (non-hydrogen) atoms. The first-order valence-corrected chi connectivity index (χ1v) is 4.23. The van der Waals surface area contributed by atoms with Crippen LogP contribution in [-0.4, -0.2) is 27.2 Å². The largest absolute Gasteiger partial charge is 0.393 e. The minimum absolute atomic E-state index is 0.169. The standard InChI is InChI=1S/C8H11N3O2/c12-6-1-5(2-6)11-7-3-8(13)10-4-9-7/h3-6,12H,1-2H2,(H2,9,10,11,13). The van der Waals surface area contributed by atoms with Gasteiger partial charge in [0.2, 0.25) is 0 Å². The Hall–Kier alpha value is -1.36. The topological polar surface area (TPSA) is 78.0 Å². The predicted molar refractivity (Wildman–Crippen MR) is 47.5 cm³/mol. The van der Waals surface area contributed by atoms with E-state index in [-0.39, 0.29) is 17.7 Å². The Morgan fingerprint density at radius 2 is 2.38 bits per heavy atom. The first-order valence-electron chi connectivity index (χ1n) is 4.23. The molecule has 70 valence electrons. The summed E-state index contributed by atoms with van der Waals surface area (Å²) in [7, 11) is 0. The molecule has 0 spiro atoms. The summed E-state index contributed by atoms with van der Waals surface area (Å²) in [6, 6.07) is 1.66. The molecule has 1 saturated carbocycles. The van der Waals surface area contributed by atoms with Crippen LogP contribution in [0.1, 0.15) is 12.8 Å². The summed E-state index contributed by atoms with van der Waals surface area (Å²) in [5.41, 5.74) is -0.169. The van der Waals surface area contributed by atoms with Gasteiger partial charge in [-0.1, -0.05) is 0 Å². The Morgan fingerprint density at radius 3 is 3.00 bits per heavy atom. The Balaban J connectivity index is 1.98. The Morgan fingerprint density at radius 1 is 1.62 bits per heavy atom. The van der Waals surface area contributed by atoms with Crippen molar-refractivity contribution >= 4 is 5.82 Å². The minimum atomic E-state index is -0.195. The lowest BCUT2D eigenvalue weighted by atomic mass is 9.89. The second kappa shape index (κ2) is 3.18. The molecule has 1 aromatic heterocycles. The van der Waals surface area contributed by atoms with Crippen molar-refractivity contribution in [1.29, 1.82) is 0 Å². The van der Waals surface area contributed by atoms with Gasteiger partial charge >= 0.3 is 0 Å². The van der Waals surface area contributed by atoms with Crippen molar-refractivity contribution in [1.82, 2.24) is 9.97 Å². The van der Waals surface area contributed by atoms with Crippen LogP contribution in [0.25, 0.3) is 0 Å². The van der Waals surface area contributed by atoms with Crippen LogP contribution in [0, 0.1) is 0 Å². The second-order valence-electron chi connectivity index (χ2n) is 3.26. The predicted octanol–water partition coefficient (Wildman–Crippen LogP) is -0.295. The number of aromatic nitrogens is 2. The number of nitrogens with zero attached hydrogens (tertiary/aromatic N) is 1. The van der Waals surface area contributed by atoms with Crippen molar-refractivity contribution in [2.75, 3.05) is 5.32 Å². The number of H-pyrrole nitrogens is 1. The zero-order valence-corrected chi connectivity index (χ0v) is 7.03. The fourth-order valence-corrected chi connectivity index (χ4v) is 1.36. The summed E-state index contributed by atoms with van der Waals surface area (Å²) in [4.78, 5) is 17.2. The third-order valence-corrected chi connectivity index (χ3v) is 2.14. The van der Waals surface area contributed by atoms with Crippen molar-refractivity contribution in [3.63, 3.8) is 0 Å². The van der Waals surface area contributed by atoms with E-state index in [2.05, 4.69) is 15.3 Å². The highest BCUT2D eigenvalue weighted by molar-refractivity contribution is 5.33. The number of aliphatic hydroxyl groups excluding tert-OH is 1. The molecule has 0 unspecified atom stereocenters. The molecule has 0 aromatic carbocycles. The maximum Gasteiger partial charge on any atom is 0.252 e. The van der Waals surface area contributed by atoms with Gasteiger partial charge in [-0.3, -0.25) is 4.79 Å². The summed E-state index contributed by atoms with van der Waals surface area (Å²) in [6.07, 6.45) is 2.63. The number of anilines is 1. The van der Waals surface area contributed by atoms with Crippen LogP contribution in [0.2, 0.25) is 0 Å². The van der Waals surface area contributed by atoms with E-state index < -0.39 is 0 Å². The molecule has 1 aliphatic rings. The fourth-order valence-electron chi connectivity index (χ4n) is 1.36. The minimum Gasteiger partial charge on any atom is -0.393 e. The Labute approximate surface area is 74.8 Å². The zero-order valence-electron chi connectivity index (χ0n) is 7.03. The summed E-state index contributed by atoms with van der Waals surface area (Å²) >= 11 is 0. The van der Waals surface area contributed by atoms with Gasteiger partial charge in [-0.15, -0.1) is 0 Å². The number of rotatable bonds is 2. The van der Waals surface area contributed by atoms with Crippen molar-refractivity contribution in [3.8, 4) is 0 Å². The summed E-state index contributed by atoms with van der Waals surface area (Å²) in [5.74, 6) is 0.570. The zero-order chi connectivity index (χ0) is 9.26. The first kappa shape index (κ1) is 8.25. The van der Waals surface area contributed by atoms with Gasteiger partial charge in [-0.2, -0.15) is 0 Å². The quantitative estimate of drug-likeness (QED) is 0.585. The van der Waals surface area contributed by atoms with Crippen molar-refractivity contribution in [3.05, 3.63) is 22.7 Å². The molecule has 0 saturated heterocycles. The number of aromatic amines is 1. The van der Waals surface area contributed by atoms with Gasteiger partial charge in [0, 0.05) is 12.1 Å². The molecule has 1 fully saturated rings. The SMILES string of the molecule is O=c1cc(NC2CC(O)C2)nc[nH]1. The van der Waals surface area contributed by atoms with Crippen LogP contribution >= 0.6 is 0 Å². The monoisotopic (exact) mass is 181 g/mol. The lowest BCUT2D eigenvalue weighted by molar-refractivity contribution is 0.0835. The number of aliphatic hydroxyl groups is 1. The molecule has 0 bridgehead atoms. The molecule has 0 amide bonds. The molecule has 1 aromatic rings. The van der Waals surface area contributed by atoms with E-state index in [9.17, 15) is 4.79 Å². The molecule has 2 rings (SSSR count). The van der Waals surface area contributed by atoms with Crippen LogP contribution in [0.3, 0.4) is 0 Å². The van der Waals surface area contributed by atoms with Gasteiger partial charge in [-0.05, 0) is 12.8 Å². The van der Waals surface area contributed by atoms with Crippen LogP contribution in [-0.2, 0) is 0 Å². The van der Waals surface area contributed by atoms with E-state index in [1.807, 2.05) is 0 Å². The number of nitrogens with one attached hydrogen (secondary N) is 2. The fraction of sp³-hybridized carbons (Fsp3) is 0.500. The maximum atomic E-state index is 10.9. The molecule has 1 aliphatic carbocycles. The smallest absolute Gasteiger partial charge is 0.252 e. The van der Waals surface area contributed by atoms with Crippen molar-refractivity contribution < 1.29 is 5.11 Å². The molecule has 1 heterocycles. The van der Waals surface area contributed by atoms with Crippen LogP contribution in [0.5, 0.6) is 0 Å². The van der Waals surface area contributed by atoms with Gasteiger partial charge < -0.3 is 15.4 Å². The van der Waals surface area contributed by atoms with Gasteiger partial charge in [0.25, 0.3) is 5.56 Å². The van der Waals surface area contributed by atoms with E-state index in [0.717, 1.165) is 12.8 Å². The van der Waals surface area contributed by atoms with E-state index in [1.165, 1.54) is 12.4 Å². The van der Waals surface area contributed by atoms with E-state index in [4.69, 9.17) is 5.11 Å². The lowest BCUT2D eigenvalue weighted by Gasteiger charge is -2.32. The van der Waals surface area contributed by atoms with E-state index in [1.54, 1.807) is 0 Å². The highest BCUT2D eigenvalue weighted by atomic mass is 16.3. The van der Waals surface area contributed by atoms with Gasteiger partial charge in [0.05, 0.1) is 12.4 Å². The van der Waals surface area contributed by atoms with Gasteiger partial charge in [0.15, 0.2) is 0 Å². The molecule has 0 aliphatic heterocycles. The number of hydrogen-bond donors (Lipinski definition) is 3. The summed E-state index contributed by atoms with van der Waals surface area (Å²) in [5, 5.41) is 12.1. The average molecular weight is 181 g/mol. The molecule has 3 N–H and O–H groups in total. The maximum absolute atomic E-state index is 10.9. The van der Waals surface area contributed by atoms with Crippen LogP contribution in [0.4, 0.5) is 5.82 Å². The van der Waals surface area contributed by atoms with E-state index >= 15 is 0 Å². The average Bonchev–Trinajstić information content (AvgIpc) is 2.01. The van der Waals surface area contributed by atoms with E-state index in [0.29, 0.717) is 5.82 Å². The molecule has 5 nitrogen and oxygen atoms in total. The third-order valence-electron chi connectivity index (χ3n) is 2.14. The first-order chi connectivity index (χ1) is 6.24. The Kier molecular flexibility index (Phi) is 2.02. The number of hydrogen-bond acceptors (Lipinski definition) is 4. The van der Waals surface area contributed by atoms with Gasteiger partial charge in [-0.25, -0.2) is 4.98 Å².